The summed E-state index contributed by atoms with van der Waals surface area (Å²) in [5, 5.41) is 12.2. The SMILES string of the molecule is CC1CC(C(=O)O)CN(C(=O)CN2C(=O)NC3(CC(C)CC(C)(C)C3)C2=O)C1. The Balaban J connectivity index is 1.72. The Bertz CT molecular complexity index is 706. The van der Waals surface area contributed by atoms with E-state index in [1.165, 1.54) is 4.90 Å². The number of carboxylic acids is 1. The summed E-state index contributed by atoms with van der Waals surface area (Å²) in [6.45, 7) is 8.41. The number of urea groups is 1. The molecule has 1 spiro atoms. The molecule has 3 aliphatic rings. The zero-order valence-electron chi connectivity index (χ0n) is 17.2. The molecule has 3 fully saturated rings. The van der Waals surface area contributed by atoms with Gasteiger partial charge in [-0.15, -0.1) is 0 Å². The number of rotatable bonds is 3. The minimum atomic E-state index is -0.933. The second-order valence-corrected chi connectivity index (χ2v) is 9.93. The van der Waals surface area contributed by atoms with Gasteiger partial charge in [-0.3, -0.25) is 19.3 Å². The summed E-state index contributed by atoms with van der Waals surface area (Å²) < 4.78 is 0. The van der Waals surface area contributed by atoms with Crippen LogP contribution in [0.2, 0.25) is 0 Å². The van der Waals surface area contributed by atoms with Gasteiger partial charge in [0.2, 0.25) is 5.91 Å². The number of carboxylic acid groups (broad SMARTS) is 1. The molecule has 4 atom stereocenters. The van der Waals surface area contributed by atoms with Gasteiger partial charge in [0, 0.05) is 13.1 Å². The summed E-state index contributed by atoms with van der Waals surface area (Å²) in [4.78, 5) is 52.3. The maximum Gasteiger partial charge on any atom is 0.325 e. The molecule has 0 aromatic carbocycles. The standard InChI is InChI=1S/C20H31N3O5/c1-12-5-14(16(25)26)9-22(8-12)15(24)10-23-17(27)20(21-18(23)28)7-13(2)6-19(3,4)11-20/h12-14H,5-11H2,1-4H3,(H,21,28)(H,25,26). The molecule has 3 rings (SSSR count). The third kappa shape index (κ3) is 3.86. The summed E-state index contributed by atoms with van der Waals surface area (Å²) >= 11 is 0. The number of piperidine rings is 1. The molecular weight excluding hydrogens is 362 g/mol. The van der Waals surface area contributed by atoms with E-state index in [4.69, 9.17) is 0 Å². The van der Waals surface area contributed by atoms with Gasteiger partial charge in [0.25, 0.3) is 5.91 Å². The highest BCUT2D eigenvalue weighted by molar-refractivity contribution is 6.09. The van der Waals surface area contributed by atoms with Crippen molar-refractivity contribution in [2.75, 3.05) is 19.6 Å². The molecule has 8 heteroatoms. The van der Waals surface area contributed by atoms with Gasteiger partial charge in [0.1, 0.15) is 12.1 Å². The first-order valence-electron chi connectivity index (χ1n) is 10.1. The molecule has 1 saturated carbocycles. The maximum atomic E-state index is 13.2. The van der Waals surface area contributed by atoms with Crippen molar-refractivity contribution in [1.29, 1.82) is 0 Å². The van der Waals surface area contributed by atoms with Crippen LogP contribution in [0.5, 0.6) is 0 Å². The molecule has 0 aromatic heterocycles. The zero-order chi connectivity index (χ0) is 20.9. The Morgan fingerprint density at radius 1 is 1.14 bits per heavy atom. The highest BCUT2D eigenvalue weighted by atomic mass is 16.4. The molecule has 4 amide bonds. The molecule has 0 bridgehead atoms. The van der Waals surface area contributed by atoms with Crippen LogP contribution in [-0.2, 0) is 14.4 Å². The number of carbonyl (C=O) groups is 4. The van der Waals surface area contributed by atoms with Crippen LogP contribution in [0.15, 0.2) is 0 Å². The quantitative estimate of drug-likeness (QED) is 0.710. The van der Waals surface area contributed by atoms with E-state index in [0.29, 0.717) is 31.7 Å². The average molecular weight is 393 g/mol. The molecular formula is C20H31N3O5. The third-order valence-corrected chi connectivity index (χ3v) is 6.28. The Morgan fingerprint density at radius 3 is 2.43 bits per heavy atom. The van der Waals surface area contributed by atoms with E-state index in [-0.39, 0.29) is 36.2 Å². The molecule has 2 aliphatic heterocycles. The van der Waals surface area contributed by atoms with Gasteiger partial charge in [0.05, 0.1) is 5.92 Å². The second kappa shape index (κ2) is 7.04. The number of aliphatic carboxylic acids is 1. The number of amides is 4. The van der Waals surface area contributed by atoms with Gasteiger partial charge in [-0.2, -0.15) is 0 Å². The molecule has 2 N–H and O–H groups in total. The van der Waals surface area contributed by atoms with Crippen LogP contribution < -0.4 is 5.32 Å². The number of imide groups is 1. The van der Waals surface area contributed by atoms with E-state index in [1.807, 2.05) is 6.92 Å². The molecule has 2 saturated heterocycles. The Labute approximate surface area is 165 Å². The lowest BCUT2D eigenvalue weighted by atomic mass is 9.64. The van der Waals surface area contributed by atoms with Crippen molar-refractivity contribution in [2.45, 2.75) is 58.9 Å². The molecule has 8 nitrogen and oxygen atoms in total. The monoisotopic (exact) mass is 393 g/mol. The second-order valence-electron chi connectivity index (χ2n) is 9.93. The van der Waals surface area contributed by atoms with Crippen molar-refractivity contribution in [3.63, 3.8) is 0 Å². The van der Waals surface area contributed by atoms with Crippen LogP contribution in [0.4, 0.5) is 4.79 Å². The Hall–Kier alpha value is -2.12. The van der Waals surface area contributed by atoms with E-state index in [2.05, 4.69) is 26.1 Å². The minimum absolute atomic E-state index is 0.0632. The van der Waals surface area contributed by atoms with E-state index < -0.39 is 23.5 Å². The zero-order valence-corrected chi connectivity index (χ0v) is 17.2. The normalized spacial score (nSPS) is 35.2. The summed E-state index contributed by atoms with van der Waals surface area (Å²) in [7, 11) is 0. The van der Waals surface area contributed by atoms with Crippen molar-refractivity contribution >= 4 is 23.8 Å². The van der Waals surface area contributed by atoms with Crippen LogP contribution >= 0.6 is 0 Å². The predicted molar refractivity (Wildman–Crippen MR) is 101 cm³/mol. The minimum Gasteiger partial charge on any atom is -0.481 e. The number of nitrogens with zero attached hydrogens (tertiary/aromatic N) is 2. The first-order chi connectivity index (χ1) is 12.9. The number of carbonyl (C=O) groups excluding carboxylic acids is 3. The number of hydrogen-bond donors (Lipinski definition) is 2. The maximum absolute atomic E-state index is 13.2. The molecule has 0 radical (unpaired) electrons. The molecule has 0 aromatic rings. The molecule has 2 heterocycles. The first-order valence-corrected chi connectivity index (χ1v) is 10.1. The van der Waals surface area contributed by atoms with Gasteiger partial charge < -0.3 is 15.3 Å². The van der Waals surface area contributed by atoms with Crippen molar-refractivity contribution in [3.05, 3.63) is 0 Å². The lowest BCUT2D eigenvalue weighted by Gasteiger charge is -2.43. The fraction of sp³-hybridized carbons (Fsp3) is 0.800. The number of hydrogen-bond acceptors (Lipinski definition) is 4. The molecule has 4 unspecified atom stereocenters. The van der Waals surface area contributed by atoms with Gasteiger partial charge in [-0.1, -0.05) is 27.7 Å². The van der Waals surface area contributed by atoms with Crippen LogP contribution in [0.1, 0.15) is 53.4 Å². The van der Waals surface area contributed by atoms with Crippen molar-refractivity contribution in [1.82, 2.24) is 15.1 Å². The van der Waals surface area contributed by atoms with E-state index in [0.717, 1.165) is 11.3 Å². The van der Waals surface area contributed by atoms with E-state index >= 15 is 0 Å². The number of likely N-dealkylation sites (tertiary alicyclic amines) is 1. The van der Waals surface area contributed by atoms with Gasteiger partial charge >= 0.3 is 12.0 Å². The lowest BCUT2D eigenvalue weighted by Crippen LogP contribution is -2.54. The van der Waals surface area contributed by atoms with Crippen molar-refractivity contribution in [3.8, 4) is 0 Å². The first kappa shape index (κ1) is 20.6. The predicted octanol–water partition coefficient (Wildman–Crippen LogP) is 1.69. The van der Waals surface area contributed by atoms with Crippen LogP contribution in [-0.4, -0.2) is 63.9 Å². The van der Waals surface area contributed by atoms with Gasteiger partial charge in [-0.05, 0) is 42.9 Å². The van der Waals surface area contributed by atoms with Crippen LogP contribution in [0.3, 0.4) is 0 Å². The highest BCUT2D eigenvalue weighted by Gasteiger charge is 2.56. The third-order valence-electron chi connectivity index (χ3n) is 6.28. The summed E-state index contributed by atoms with van der Waals surface area (Å²) in [6, 6.07) is -0.525. The number of nitrogens with one attached hydrogen (secondary N) is 1. The molecule has 1 aliphatic carbocycles. The lowest BCUT2D eigenvalue weighted by molar-refractivity contribution is -0.148. The fourth-order valence-corrected chi connectivity index (χ4v) is 5.62. The average Bonchev–Trinajstić information content (AvgIpc) is 2.75. The van der Waals surface area contributed by atoms with E-state index in [9.17, 15) is 24.3 Å². The van der Waals surface area contributed by atoms with E-state index in [1.54, 1.807) is 0 Å². The van der Waals surface area contributed by atoms with Gasteiger partial charge in [-0.25, -0.2) is 4.79 Å². The fourth-order valence-electron chi connectivity index (χ4n) is 5.62. The smallest absolute Gasteiger partial charge is 0.325 e. The van der Waals surface area contributed by atoms with Crippen molar-refractivity contribution < 1.29 is 24.3 Å². The Kier molecular flexibility index (Phi) is 5.18. The highest BCUT2D eigenvalue weighted by Crippen LogP contribution is 2.46. The van der Waals surface area contributed by atoms with Crippen molar-refractivity contribution in [2.24, 2.45) is 23.2 Å². The van der Waals surface area contributed by atoms with Crippen LogP contribution in [0, 0.1) is 23.2 Å². The largest absolute Gasteiger partial charge is 0.481 e. The Morgan fingerprint density at radius 2 is 1.82 bits per heavy atom. The molecule has 156 valence electrons. The van der Waals surface area contributed by atoms with Gasteiger partial charge in [0.15, 0.2) is 0 Å². The molecule has 28 heavy (non-hydrogen) atoms. The summed E-state index contributed by atoms with van der Waals surface area (Å²) in [6.07, 6.45) is 2.65. The summed E-state index contributed by atoms with van der Waals surface area (Å²) in [5.74, 6) is -1.87. The van der Waals surface area contributed by atoms with Crippen LogP contribution in [0.25, 0.3) is 0 Å². The summed E-state index contributed by atoms with van der Waals surface area (Å²) in [5.41, 5.74) is -1.01. The topological polar surface area (TPSA) is 107 Å².